The number of nitrogens with one attached hydrogen (secondary N) is 2. The molecule has 7 nitrogen and oxygen atoms in total. The maximum Gasteiger partial charge on any atom is 0.408 e. The van der Waals surface area contributed by atoms with Gasteiger partial charge in [-0.05, 0) is 22.6 Å². The molecule has 0 aliphatic rings. The lowest BCUT2D eigenvalue weighted by atomic mass is 10.0. The summed E-state index contributed by atoms with van der Waals surface area (Å²) in [5, 5.41) is 5.41. The summed E-state index contributed by atoms with van der Waals surface area (Å²) in [5.41, 5.74) is 2.55. The molecule has 0 heterocycles. The van der Waals surface area contributed by atoms with Crippen LogP contribution in [0.15, 0.2) is 91.0 Å². The minimum Gasteiger partial charge on any atom is -0.459 e. The van der Waals surface area contributed by atoms with E-state index in [1.165, 1.54) is 0 Å². The van der Waals surface area contributed by atoms with Crippen molar-refractivity contribution in [3.8, 4) is 0 Å². The summed E-state index contributed by atoms with van der Waals surface area (Å²) in [5.74, 6) is -1.28. The van der Waals surface area contributed by atoms with Crippen molar-refractivity contribution in [2.75, 3.05) is 0 Å². The molecular weight excluding hydrogens is 456 g/mol. The Kier molecular flexibility index (Phi) is 10.1. The Bertz CT molecular complexity index is 1100. The Morgan fingerprint density at radius 2 is 1.14 bits per heavy atom. The van der Waals surface area contributed by atoms with Gasteiger partial charge in [0, 0.05) is 6.42 Å². The average molecular weight is 489 g/mol. The minimum atomic E-state index is -0.924. The molecule has 0 aliphatic carbocycles. The molecule has 3 rings (SSSR count). The molecule has 0 unspecified atom stereocenters. The number of benzene rings is 3. The molecule has 2 amide bonds. The predicted octanol–water partition coefficient (Wildman–Crippen LogP) is 4.41. The first-order valence-corrected chi connectivity index (χ1v) is 11.9. The van der Waals surface area contributed by atoms with Gasteiger partial charge in [-0.15, -0.1) is 0 Å². The number of carbonyl (C=O) groups is 3. The molecular formula is C29H32N2O5. The number of hydrogen-bond donors (Lipinski definition) is 2. The lowest BCUT2D eigenvalue weighted by Crippen LogP contribution is -2.54. The van der Waals surface area contributed by atoms with Gasteiger partial charge in [-0.25, -0.2) is 9.59 Å². The number of amides is 2. The molecule has 188 valence electrons. The number of hydrogen-bond acceptors (Lipinski definition) is 5. The van der Waals surface area contributed by atoms with E-state index in [4.69, 9.17) is 9.47 Å². The van der Waals surface area contributed by atoms with E-state index in [0.29, 0.717) is 0 Å². The van der Waals surface area contributed by atoms with Crippen molar-refractivity contribution in [3.63, 3.8) is 0 Å². The topological polar surface area (TPSA) is 93.7 Å². The van der Waals surface area contributed by atoms with Gasteiger partial charge >= 0.3 is 12.1 Å². The minimum absolute atomic E-state index is 0.0849. The molecule has 3 aromatic carbocycles. The molecule has 3 aromatic rings. The SMILES string of the molecule is CC(C)[C@H](NC(=O)OCc1ccccc1)C(=O)N[C@@H](Cc1ccccc1)C(=O)OCc1ccccc1. The van der Waals surface area contributed by atoms with Gasteiger partial charge in [0.15, 0.2) is 0 Å². The fourth-order valence-electron chi connectivity index (χ4n) is 3.56. The number of esters is 1. The van der Waals surface area contributed by atoms with Crippen LogP contribution in [-0.4, -0.2) is 30.1 Å². The highest BCUT2D eigenvalue weighted by Crippen LogP contribution is 2.10. The molecule has 0 aliphatic heterocycles. The van der Waals surface area contributed by atoms with Crippen LogP contribution in [0.1, 0.15) is 30.5 Å². The summed E-state index contributed by atoms with van der Waals surface area (Å²) in [6, 6.07) is 26.1. The second-order valence-corrected chi connectivity index (χ2v) is 8.77. The van der Waals surface area contributed by atoms with E-state index in [9.17, 15) is 14.4 Å². The van der Waals surface area contributed by atoms with E-state index < -0.39 is 30.1 Å². The Morgan fingerprint density at radius 1 is 0.667 bits per heavy atom. The molecule has 0 fully saturated rings. The van der Waals surface area contributed by atoms with Crippen LogP contribution in [0.5, 0.6) is 0 Å². The van der Waals surface area contributed by atoms with Gasteiger partial charge in [-0.2, -0.15) is 0 Å². The van der Waals surface area contributed by atoms with Crippen LogP contribution in [-0.2, 0) is 38.7 Å². The zero-order valence-electron chi connectivity index (χ0n) is 20.6. The third kappa shape index (κ3) is 8.58. The zero-order valence-corrected chi connectivity index (χ0v) is 20.6. The lowest BCUT2D eigenvalue weighted by molar-refractivity contribution is -0.149. The van der Waals surface area contributed by atoms with Crippen molar-refractivity contribution in [1.29, 1.82) is 0 Å². The Balaban J connectivity index is 1.64. The standard InChI is InChI=1S/C29H32N2O5/c1-21(2)26(31-29(34)36-20-24-16-10-5-11-17-24)27(32)30-25(18-22-12-6-3-7-13-22)28(33)35-19-23-14-8-4-9-15-23/h3-17,21,25-26H,18-20H2,1-2H3,(H,30,32)(H,31,34)/t25-,26-/m0/s1. The maximum absolute atomic E-state index is 13.2. The van der Waals surface area contributed by atoms with E-state index in [-0.39, 0.29) is 25.6 Å². The van der Waals surface area contributed by atoms with Crippen LogP contribution in [0.25, 0.3) is 0 Å². The largest absolute Gasteiger partial charge is 0.459 e. The fourth-order valence-corrected chi connectivity index (χ4v) is 3.56. The zero-order chi connectivity index (χ0) is 25.8. The molecule has 0 spiro atoms. The number of rotatable bonds is 11. The van der Waals surface area contributed by atoms with Crippen LogP contribution in [0.3, 0.4) is 0 Å². The molecule has 0 saturated carbocycles. The van der Waals surface area contributed by atoms with E-state index in [1.54, 1.807) is 0 Å². The molecule has 0 radical (unpaired) electrons. The van der Waals surface area contributed by atoms with Crippen LogP contribution in [0.2, 0.25) is 0 Å². The first-order chi connectivity index (χ1) is 17.4. The number of carbonyl (C=O) groups excluding carboxylic acids is 3. The van der Waals surface area contributed by atoms with E-state index in [2.05, 4.69) is 10.6 Å². The Morgan fingerprint density at radius 3 is 1.64 bits per heavy atom. The molecule has 7 heteroatoms. The first-order valence-electron chi connectivity index (χ1n) is 11.9. The summed E-state index contributed by atoms with van der Waals surface area (Å²) >= 11 is 0. The summed E-state index contributed by atoms with van der Waals surface area (Å²) in [4.78, 5) is 38.6. The van der Waals surface area contributed by atoms with Crippen molar-refractivity contribution < 1.29 is 23.9 Å². The fraction of sp³-hybridized carbons (Fsp3) is 0.276. The predicted molar refractivity (Wildman–Crippen MR) is 137 cm³/mol. The molecule has 36 heavy (non-hydrogen) atoms. The van der Waals surface area contributed by atoms with Crippen molar-refractivity contribution in [2.45, 2.75) is 45.6 Å². The van der Waals surface area contributed by atoms with Crippen LogP contribution in [0.4, 0.5) is 4.79 Å². The maximum atomic E-state index is 13.2. The number of alkyl carbamates (subject to hydrolysis) is 1. The van der Waals surface area contributed by atoms with Crippen LogP contribution < -0.4 is 10.6 Å². The third-order valence-electron chi connectivity index (χ3n) is 5.54. The van der Waals surface area contributed by atoms with E-state index >= 15 is 0 Å². The Hall–Kier alpha value is -4.13. The second-order valence-electron chi connectivity index (χ2n) is 8.77. The van der Waals surface area contributed by atoms with Gasteiger partial charge < -0.3 is 20.1 Å². The normalized spacial score (nSPS) is 12.3. The van der Waals surface area contributed by atoms with Gasteiger partial charge in [-0.1, -0.05) is 105 Å². The quantitative estimate of drug-likeness (QED) is 0.390. The summed E-state index contributed by atoms with van der Waals surface area (Å²) in [6.07, 6.45) is -0.456. The van der Waals surface area contributed by atoms with Crippen LogP contribution in [0, 0.1) is 5.92 Å². The summed E-state index contributed by atoms with van der Waals surface area (Å²) in [7, 11) is 0. The monoisotopic (exact) mass is 488 g/mol. The number of ether oxygens (including phenoxy) is 2. The van der Waals surface area contributed by atoms with Gasteiger partial charge in [0.25, 0.3) is 0 Å². The Labute approximate surface area is 211 Å². The smallest absolute Gasteiger partial charge is 0.408 e. The molecule has 0 bridgehead atoms. The molecule has 2 atom stereocenters. The van der Waals surface area contributed by atoms with Gasteiger partial charge in [-0.3, -0.25) is 4.79 Å². The van der Waals surface area contributed by atoms with Crippen molar-refractivity contribution in [2.24, 2.45) is 5.92 Å². The van der Waals surface area contributed by atoms with E-state index in [1.807, 2.05) is 105 Å². The highest BCUT2D eigenvalue weighted by Gasteiger charge is 2.30. The summed E-state index contributed by atoms with van der Waals surface area (Å²) in [6.45, 7) is 3.79. The van der Waals surface area contributed by atoms with Gasteiger partial charge in [0.1, 0.15) is 25.3 Å². The van der Waals surface area contributed by atoms with Crippen molar-refractivity contribution >= 4 is 18.0 Å². The third-order valence-corrected chi connectivity index (χ3v) is 5.54. The summed E-state index contributed by atoms with van der Waals surface area (Å²) < 4.78 is 10.8. The van der Waals surface area contributed by atoms with Crippen molar-refractivity contribution in [1.82, 2.24) is 10.6 Å². The second kappa shape index (κ2) is 13.7. The molecule has 0 aromatic heterocycles. The van der Waals surface area contributed by atoms with Crippen LogP contribution >= 0.6 is 0 Å². The van der Waals surface area contributed by atoms with Gasteiger partial charge in [0.2, 0.25) is 5.91 Å². The van der Waals surface area contributed by atoms with Gasteiger partial charge in [0.05, 0.1) is 0 Å². The first kappa shape index (κ1) is 26.5. The highest BCUT2D eigenvalue weighted by atomic mass is 16.5. The van der Waals surface area contributed by atoms with Crippen molar-refractivity contribution in [3.05, 3.63) is 108 Å². The highest BCUT2D eigenvalue weighted by molar-refractivity contribution is 5.90. The molecule has 2 N–H and O–H groups in total. The average Bonchev–Trinajstić information content (AvgIpc) is 2.90. The lowest BCUT2D eigenvalue weighted by Gasteiger charge is -2.25. The van der Waals surface area contributed by atoms with E-state index in [0.717, 1.165) is 16.7 Å². The molecule has 0 saturated heterocycles.